The van der Waals surface area contributed by atoms with E-state index in [0.717, 1.165) is 37.9 Å². The van der Waals surface area contributed by atoms with E-state index in [9.17, 15) is 19.7 Å². The summed E-state index contributed by atoms with van der Waals surface area (Å²) >= 11 is 0. The van der Waals surface area contributed by atoms with Crippen molar-refractivity contribution in [2.24, 2.45) is 10.9 Å². The third-order valence-electron chi connectivity index (χ3n) is 7.28. The quantitative estimate of drug-likeness (QED) is 0.148. The molecule has 11 nitrogen and oxygen atoms in total. The highest BCUT2D eigenvalue weighted by Crippen LogP contribution is 2.41. The SMILES string of the molecule is COC(=O)C1C(C)=NC(C)=C(C(=O)OCCOc2ccc(CCOC3CCCCO3)cc2)C1c1cccc([N+](=O)[O-])c1. The Morgan fingerprint density at radius 1 is 1.07 bits per heavy atom. The van der Waals surface area contributed by atoms with Crippen molar-refractivity contribution in [2.75, 3.05) is 33.5 Å². The number of carbonyl (C=O) groups excluding carboxylic acids is 2. The maximum atomic E-state index is 13.3. The van der Waals surface area contributed by atoms with E-state index >= 15 is 0 Å². The van der Waals surface area contributed by atoms with E-state index in [1.807, 2.05) is 24.3 Å². The Labute approximate surface area is 244 Å². The molecule has 0 saturated carbocycles. The molecule has 3 unspecified atom stereocenters. The van der Waals surface area contributed by atoms with Crippen molar-refractivity contribution in [1.82, 2.24) is 0 Å². The molecule has 0 spiro atoms. The number of nitro benzene ring substituents is 1. The minimum absolute atomic E-state index is 0.0557. The fourth-order valence-electron chi connectivity index (χ4n) is 5.20. The van der Waals surface area contributed by atoms with E-state index in [4.69, 9.17) is 23.7 Å². The molecule has 2 aliphatic rings. The smallest absolute Gasteiger partial charge is 0.336 e. The van der Waals surface area contributed by atoms with Crippen LogP contribution in [0.15, 0.2) is 64.8 Å². The van der Waals surface area contributed by atoms with Crippen LogP contribution in [0.4, 0.5) is 5.69 Å². The number of nitrogens with zero attached hydrogens (tertiary/aromatic N) is 2. The minimum Gasteiger partial charge on any atom is -0.490 e. The number of hydrogen-bond donors (Lipinski definition) is 0. The lowest BCUT2D eigenvalue weighted by Crippen LogP contribution is -2.36. The number of rotatable bonds is 12. The fourth-order valence-corrected chi connectivity index (χ4v) is 5.20. The molecule has 3 atom stereocenters. The van der Waals surface area contributed by atoms with Crippen LogP contribution < -0.4 is 4.74 Å². The summed E-state index contributed by atoms with van der Waals surface area (Å²) in [5, 5.41) is 11.4. The molecule has 224 valence electrons. The van der Waals surface area contributed by atoms with E-state index < -0.39 is 28.7 Å². The zero-order valence-corrected chi connectivity index (χ0v) is 24.1. The molecule has 0 bridgehead atoms. The fraction of sp³-hybridized carbons (Fsp3) is 0.452. The van der Waals surface area contributed by atoms with Crippen LogP contribution in [-0.4, -0.2) is 62.4 Å². The standard InChI is InChI=1S/C31H36N2O9/c1-20-27(30(34)38-3)29(23-7-6-8-24(19-23)33(36)37)28(21(2)32-20)31(35)42-18-17-39-25-12-10-22(11-13-25)14-16-41-26-9-4-5-15-40-26/h6-8,10-13,19,26-27,29H,4-5,9,14-18H2,1-3H3. The second kappa shape index (κ2) is 14.7. The van der Waals surface area contributed by atoms with Crippen molar-refractivity contribution in [1.29, 1.82) is 0 Å². The van der Waals surface area contributed by atoms with Gasteiger partial charge in [-0.1, -0.05) is 24.3 Å². The lowest BCUT2D eigenvalue weighted by atomic mass is 9.75. The Morgan fingerprint density at radius 3 is 2.55 bits per heavy atom. The van der Waals surface area contributed by atoms with Crippen LogP contribution in [0.1, 0.15) is 50.2 Å². The lowest BCUT2D eigenvalue weighted by molar-refractivity contribution is -0.384. The van der Waals surface area contributed by atoms with Gasteiger partial charge in [-0.15, -0.1) is 0 Å². The monoisotopic (exact) mass is 580 g/mol. The zero-order chi connectivity index (χ0) is 30.1. The van der Waals surface area contributed by atoms with Gasteiger partial charge in [0.2, 0.25) is 0 Å². The summed E-state index contributed by atoms with van der Waals surface area (Å²) in [6.45, 7) is 4.68. The first-order chi connectivity index (χ1) is 20.3. The summed E-state index contributed by atoms with van der Waals surface area (Å²) < 4.78 is 27.7. The van der Waals surface area contributed by atoms with Gasteiger partial charge in [-0.25, -0.2) is 4.79 Å². The highest BCUT2D eigenvalue weighted by atomic mass is 16.7. The van der Waals surface area contributed by atoms with Crippen LogP contribution in [0.25, 0.3) is 0 Å². The van der Waals surface area contributed by atoms with E-state index in [-0.39, 0.29) is 30.8 Å². The van der Waals surface area contributed by atoms with Crippen LogP contribution in [0.2, 0.25) is 0 Å². The van der Waals surface area contributed by atoms with Crippen LogP contribution >= 0.6 is 0 Å². The number of methoxy groups -OCH3 is 1. The molecule has 0 amide bonds. The highest BCUT2D eigenvalue weighted by Gasteiger charge is 2.42. The van der Waals surface area contributed by atoms with Crippen LogP contribution in [-0.2, 0) is 35.0 Å². The number of carbonyl (C=O) groups is 2. The van der Waals surface area contributed by atoms with Gasteiger partial charge in [0, 0.05) is 36.1 Å². The van der Waals surface area contributed by atoms with Crippen LogP contribution in [0.3, 0.4) is 0 Å². The first-order valence-corrected chi connectivity index (χ1v) is 14.0. The predicted molar refractivity (Wildman–Crippen MR) is 153 cm³/mol. The van der Waals surface area contributed by atoms with Gasteiger partial charge in [-0.2, -0.15) is 0 Å². The van der Waals surface area contributed by atoms with E-state index in [0.29, 0.717) is 29.3 Å². The molecular weight excluding hydrogens is 544 g/mol. The largest absolute Gasteiger partial charge is 0.490 e. The predicted octanol–water partition coefficient (Wildman–Crippen LogP) is 4.92. The summed E-state index contributed by atoms with van der Waals surface area (Å²) in [7, 11) is 1.24. The Balaban J connectivity index is 1.36. The molecule has 2 heterocycles. The topological polar surface area (TPSA) is 136 Å². The third-order valence-corrected chi connectivity index (χ3v) is 7.28. The molecule has 0 N–H and O–H groups in total. The molecule has 1 saturated heterocycles. The van der Waals surface area contributed by atoms with Crippen molar-refractivity contribution in [3.8, 4) is 5.75 Å². The van der Waals surface area contributed by atoms with Crippen LogP contribution in [0, 0.1) is 16.0 Å². The molecule has 1 fully saturated rings. The summed E-state index contributed by atoms with van der Waals surface area (Å²) in [6, 6.07) is 13.5. The van der Waals surface area contributed by atoms with E-state index in [1.165, 1.54) is 25.3 Å². The number of ether oxygens (including phenoxy) is 5. The average Bonchev–Trinajstić information content (AvgIpc) is 2.99. The molecule has 0 aromatic heterocycles. The molecule has 2 aromatic carbocycles. The molecule has 2 aromatic rings. The maximum Gasteiger partial charge on any atom is 0.336 e. The van der Waals surface area contributed by atoms with Gasteiger partial charge in [0.05, 0.1) is 24.2 Å². The maximum absolute atomic E-state index is 13.3. The summed E-state index contributed by atoms with van der Waals surface area (Å²) in [5.74, 6) is -2.48. The second-order valence-corrected chi connectivity index (χ2v) is 10.1. The van der Waals surface area contributed by atoms with Gasteiger partial charge in [-0.3, -0.25) is 19.9 Å². The first-order valence-electron chi connectivity index (χ1n) is 14.0. The van der Waals surface area contributed by atoms with Gasteiger partial charge in [0.15, 0.2) is 6.29 Å². The number of aliphatic imine (C=N–C) groups is 1. The number of nitro groups is 1. The van der Waals surface area contributed by atoms with Gasteiger partial charge in [-0.05, 0) is 62.8 Å². The zero-order valence-electron chi connectivity index (χ0n) is 24.1. The molecule has 0 aliphatic carbocycles. The van der Waals surface area contributed by atoms with Gasteiger partial charge < -0.3 is 23.7 Å². The van der Waals surface area contributed by atoms with Gasteiger partial charge >= 0.3 is 11.9 Å². The third kappa shape index (κ3) is 7.80. The summed E-state index contributed by atoms with van der Waals surface area (Å²) in [5.41, 5.74) is 2.30. The van der Waals surface area contributed by atoms with Crippen molar-refractivity contribution in [3.05, 3.63) is 81.0 Å². The molecule has 4 rings (SSSR count). The Hall–Kier alpha value is -4.09. The van der Waals surface area contributed by atoms with Gasteiger partial charge in [0.25, 0.3) is 5.69 Å². The first kappa shape index (κ1) is 30.9. The van der Waals surface area contributed by atoms with E-state index in [2.05, 4.69) is 4.99 Å². The second-order valence-electron chi connectivity index (χ2n) is 10.1. The van der Waals surface area contributed by atoms with Gasteiger partial charge in [0.1, 0.15) is 24.9 Å². The average molecular weight is 581 g/mol. The Kier molecular flexibility index (Phi) is 10.8. The minimum atomic E-state index is -0.946. The number of benzene rings is 2. The number of allylic oxidation sites excluding steroid dienone is 1. The molecule has 0 radical (unpaired) electrons. The van der Waals surface area contributed by atoms with Crippen molar-refractivity contribution < 1.29 is 38.2 Å². The van der Waals surface area contributed by atoms with E-state index in [1.54, 1.807) is 19.9 Å². The molecule has 11 heteroatoms. The Bertz CT molecular complexity index is 1330. The van der Waals surface area contributed by atoms with Crippen molar-refractivity contribution >= 4 is 23.3 Å². The molecular formula is C31H36N2O9. The molecule has 2 aliphatic heterocycles. The normalized spacial score (nSPS) is 20.5. The Morgan fingerprint density at radius 2 is 1.86 bits per heavy atom. The highest BCUT2D eigenvalue weighted by molar-refractivity contribution is 6.07. The van der Waals surface area contributed by atoms with Crippen molar-refractivity contribution in [2.45, 2.75) is 51.7 Å². The van der Waals surface area contributed by atoms with Crippen molar-refractivity contribution in [3.63, 3.8) is 0 Å². The lowest BCUT2D eigenvalue weighted by Gasteiger charge is -2.31. The number of esters is 2. The summed E-state index contributed by atoms with van der Waals surface area (Å²) in [4.78, 5) is 41.4. The molecule has 42 heavy (non-hydrogen) atoms. The number of hydrogen-bond acceptors (Lipinski definition) is 10. The van der Waals surface area contributed by atoms with Crippen LogP contribution in [0.5, 0.6) is 5.75 Å². The summed E-state index contributed by atoms with van der Waals surface area (Å²) in [6.07, 6.45) is 3.79. The number of non-ortho nitro benzene ring substituents is 1.